The predicted molar refractivity (Wildman–Crippen MR) is 40.0 cm³/mol. The monoisotopic (exact) mass is 150 g/mol. The molecule has 1 aromatic rings. The molecule has 1 heterocycles. The Hall–Kier alpha value is -0.960. The smallest absolute Gasteiger partial charge is 0.115 e. The van der Waals surface area contributed by atoms with Crippen molar-refractivity contribution in [1.82, 2.24) is 9.97 Å². The minimum absolute atomic E-state index is 0.372. The Bertz CT molecular complexity index is 248. The van der Waals surface area contributed by atoms with E-state index in [1.165, 1.54) is 6.33 Å². The molecule has 0 amide bonds. The van der Waals surface area contributed by atoms with Gasteiger partial charge in [-0.15, -0.1) is 0 Å². The molecule has 2 atom stereocenters. The maximum atomic E-state index is 9.46. The maximum absolute atomic E-state index is 9.46. The zero-order valence-corrected chi connectivity index (χ0v) is 6.36. The van der Waals surface area contributed by atoms with E-state index >= 15 is 0 Å². The van der Waals surface area contributed by atoms with E-state index in [9.17, 15) is 5.11 Å². The van der Waals surface area contributed by atoms with E-state index in [0.717, 1.165) is 17.7 Å². The highest BCUT2D eigenvalue weighted by molar-refractivity contribution is 5.27. The number of hydrogen-bond donors (Lipinski definition) is 1. The zero-order valence-electron chi connectivity index (χ0n) is 6.36. The molecule has 3 nitrogen and oxygen atoms in total. The number of aliphatic hydroxyl groups is 1. The fourth-order valence-corrected chi connectivity index (χ4v) is 1.58. The van der Waals surface area contributed by atoms with Crippen LogP contribution in [-0.4, -0.2) is 15.1 Å². The van der Waals surface area contributed by atoms with Gasteiger partial charge in [-0.1, -0.05) is 6.92 Å². The molecular formula is C8H10N2O. The van der Waals surface area contributed by atoms with Crippen molar-refractivity contribution in [2.24, 2.45) is 0 Å². The number of rotatable bonds is 0. The molecule has 3 heteroatoms. The van der Waals surface area contributed by atoms with Crippen LogP contribution in [0.5, 0.6) is 0 Å². The highest BCUT2D eigenvalue weighted by Crippen LogP contribution is 2.37. The fraction of sp³-hybridized carbons (Fsp3) is 0.500. The van der Waals surface area contributed by atoms with Gasteiger partial charge in [-0.05, 0) is 17.9 Å². The van der Waals surface area contributed by atoms with Crippen LogP contribution < -0.4 is 0 Å². The Morgan fingerprint density at radius 2 is 2.45 bits per heavy atom. The van der Waals surface area contributed by atoms with Crippen LogP contribution >= 0.6 is 0 Å². The maximum Gasteiger partial charge on any atom is 0.115 e. The van der Waals surface area contributed by atoms with E-state index in [1.54, 1.807) is 6.20 Å². The second-order valence-electron chi connectivity index (χ2n) is 3.02. The van der Waals surface area contributed by atoms with Gasteiger partial charge < -0.3 is 5.11 Å². The Labute approximate surface area is 65.1 Å². The summed E-state index contributed by atoms with van der Waals surface area (Å²) >= 11 is 0. The lowest BCUT2D eigenvalue weighted by Crippen LogP contribution is -1.94. The largest absolute Gasteiger partial charge is 0.387 e. The van der Waals surface area contributed by atoms with Crippen molar-refractivity contribution in [3.63, 3.8) is 0 Å². The SMILES string of the molecule is CC1CC(O)c2ncncc21. The molecule has 0 spiro atoms. The van der Waals surface area contributed by atoms with E-state index in [4.69, 9.17) is 0 Å². The van der Waals surface area contributed by atoms with E-state index in [1.807, 2.05) is 0 Å². The van der Waals surface area contributed by atoms with Gasteiger partial charge in [-0.3, -0.25) is 0 Å². The quantitative estimate of drug-likeness (QED) is 0.600. The molecule has 1 aromatic heterocycles. The van der Waals surface area contributed by atoms with Crippen molar-refractivity contribution < 1.29 is 5.11 Å². The molecule has 2 unspecified atom stereocenters. The third kappa shape index (κ3) is 0.922. The molecule has 1 aliphatic carbocycles. The number of aromatic nitrogens is 2. The molecule has 0 fully saturated rings. The molecule has 11 heavy (non-hydrogen) atoms. The summed E-state index contributed by atoms with van der Waals surface area (Å²) in [7, 11) is 0. The van der Waals surface area contributed by atoms with E-state index in [-0.39, 0.29) is 6.10 Å². The van der Waals surface area contributed by atoms with Crippen LogP contribution in [0.15, 0.2) is 12.5 Å². The minimum Gasteiger partial charge on any atom is -0.387 e. The van der Waals surface area contributed by atoms with Crippen molar-refractivity contribution in [2.45, 2.75) is 25.4 Å². The molecule has 0 aromatic carbocycles. The van der Waals surface area contributed by atoms with Crippen molar-refractivity contribution in [2.75, 3.05) is 0 Å². The average molecular weight is 150 g/mol. The van der Waals surface area contributed by atoms with Crippen LogP contribution in [0, 0.1) is 0 Å². The van der Waals surface area contributed by atoms with Gasteiger partial charge >= 0.3 is 0 Å². The highest BCUT2D eigenvalue weighted by Gasteiger charge is 2.27. The van der Waals surface area contributed by atoms with Crippen LogP contribution in [0.25, 0.3) is 0 Å². The first kappa shape index (κ1) is 6.73. The number of aliphatic hydroxyl groups excluding tert-OH is 1. The summed E-state index contributed by atoms with van der Waals surface area (Å²) in [5, 5.41) is 9.46. The highest BCUT2D eigenvalue weighted by atomic mass is 16.3. The summed E-state index contributed by atoms with van der Waals surface area (Å²) in [6, 6.07) is 0. The van der Waals surface area contributed by atoms with E-state index < -0.39 is 0 Å². The van der Waals surface area contributed by atoms with Crippen molar-refractivity contribution in [3.8, 4) is 0 Å². The van der Waals surface area contributed by atoms with Gasteiger partial charge in [0.15, 0.2) is 0 Å². The Morgan fingerprint density at radius 3 is 3.18 bits per heavy atom. The molecule has 58 valence electrons. The normalized spacial score (nSPS) is 28.5. The second-order valence-corrected chi connectivity index (χ2v) is 3.02. The summed E-state index contributed by atoms with van der Waals surface area (Å²) < 4.78 is 0. The summed E-state index contributed by atoms with van der Waals surface area (Å²) in [5.74, 6) is 0.404. The molecule has 0 saturated heterocycles. The van der Waals surface area contributed by atoms with Crippen molar-refractivity contribution in [1.29, 1.82) is 0 Å². The third-order valence-corrected chi connectivity index (χ3v) is 2.20. The molecule has 2 rings (SSSR count). The summed E-state index contributed by atoms with van der Waals surface area (Å²) in [6.45, 7) is 2.08. The molecule has 0 radical (unpaired) electrons. The Balaban J connectivity index is 2.52. The number of fused-ring (bicyclic) bond motifs is 1. The van der Waals surface area contributed by atoms with Gasteiger partial charge in [0, 0.05) is 6.20 Å². The molecule has 0 saturated carbocycles. The average Bonchev–Trinajstić information content (AvgIpc) is 2.30. The Kier molecular flexibility index (Phi) is 1.39. The summed E-state index contributed by atoms with van der Waals surface area (Å²) in [6.07, 6.45) is 3.69. The van der Waals surface area contributed by atoms with Gasteiger partial charge in [-0.25, -0.2) is 9.97 Å². The summed E-state index contributed by atoms with van der Waals surface area (Å²) in [5.41, 5.74) is 1.91. The zero-order chi connectivity index (χ0) is 7.84. The van der Waals surface area contributed by atoms with Crippen molar-refractivity contribution in [3.05, 3.63) is 23.8 Å². The predicted octanol–water partition coefficient (Wildman–Crippen LogP) is 1.02. The van der Waals surface area contributed by atoms with Crippen LogP contribution in [0.2, 0.25) is 0 Å². The molecule has 0 bridgehead atoms. The van der Waals surface area contributed by atoms with Crippen LogP contribution in [0.4, 0.5) is 0 Å². The lowest BCUT2D eigenvalue weighted by atomic mass is 10.1. The van der Waals surface area contributed by atoms with Gasteiger partial charge in [0.2, 0.25) is 0 Å². The molecular weight excluding hydrogens is 140 g/mol. The fourth-order valence-electron chi connectivity index (χ4n) is 1.58. The van der Waals surface area contributed by atoms with Crippen molar-refractivity contribution >= 4 is 0 Å². The first-order chi connectivity index (χ1) is 5.29. The lowest BCUT2D eigenvalue weighted by Gasteiger charge is -1.99. The minimum atomic E-state index is -0.372. The molecule has 0 aliphatic heterocycles. The molecule has 1 aliphatic rings. The van der Waals surface area contributed by atoms with E-state index in [0.29, 0.717) is 5.92 Å². The van der Waals surface area contributed by atoms with Gasteiger partial charge in [0.05, 0.1) is 11.8 Å². The van der Waals surface area contributed by atoms with Gasteiger partial charge in [-0.2, -0.15) is 0 Å². The lowest BCUT2D eigenvalue weighted by molar-refractivity contribution is 0.170. The van der Waals surface area contributed by atoms with Gasteiger partial charge in [0.25, 0.3) is 0 Å². The number of hydrogen-bond acceptors (Lipinski definition) is 3. The van der Waals surface area contributed by atoms with Crippen LogP contribution in [-0.2, 0) is 0 Å². The van der Waals surface area contributed by atoms with Crippen LogP contribution in [0.3, 0.4) is 0 Å². The summed E-state index contributed by atoms with van der Waals surface area (Å²) in [4.78, 5) is 7.95. The standard InChI is InChI=1S/C8H10N2O/c1-5-2-7(11)8-6(5)3-9-4-10-8/h3-5,7,11H,2H2,1H3. The van der Waals surface area contributed by atoms with Gasteiger partial charge in [0.1, 0.15) is 6.33 Å². The number of nitrogens with zero attached hydrogens (tertiary/aromatic N) is 2. The Morgan fingerprint density at radius 1 is 1.64 bits per heavy atom. The molecule has 1 N–H and O–H groups in total. The van der Waals surface area contributed by atoms with Crippen LogP contribution in [0.1, 0.15) is 36.6 Å². The third-order valence-electron chi connectivity index (χ3n) is 2.20. The topological polar surface area (TPSA) is 46.0 Å². The van der Waals surface area contributed by atoms with E-state index in [2.05, 4.69) is 16.9 Å². The second kappa shape index (κ2) is 2.27. The first-order valence-corrected chi connectivity index (χ1v) is 3.77. The first-order valence-electron chi connectivity index (χ1n) is 3.77.